The monoisotopic (exact) mass is 250 g/mol. The SMILES string of the molecule is O=CO.[Ag+].[CH2-]C1CCCCC1. The summed E-state index contributed by atoms with van der Waals surface area (Å²) in [5.74, 6) is 0.786. The third-order valence-corrected chi connectivity index (χ3v) is 1.72. The molecule has 0 radical (unpaired) electrons. The van der Waals surface area contributed by atoms with Gasteiger partial charge in [0, 0.05) is 0 Å². The van der Waals surface area contributed by atoms with E-state index in [4.69, 9.17) is 9.90 Å². The van der Waals surface area contributed by atoms with Gasteiger partial charge in [-0.25, -0.2) is 0 Å². The first-order valence-electron chi connectivity index (χ1n) is 3.72. The van der Waals surface area contributed by atoms with Gasteiger partial charge in [-0.05, 0) is 0 Å². The Morgan fingerprint density at radius 3 is 1.82 bits per heavy atom. The smallest absolute Gasteiger partial charge is 0.483 e. The molecule has 1 N–H and O–H groups in total. The fourth-order valence-electron chi connectivity index (χ4n) is 1.19. The van der Waals surface area contributed by atoms with Crippen molar-refractivity contribution in [3.63, 3.8) is 0 Å². The summed E-state index contributed by atoms with van der Waals surface area (Å²) < 4.78 is 0. The second-order valence-electron chi connectivity index (χ2n) is 2.61. The Hall–Kier alpha value is 0.210. The molecular formula is C8H15AgO2. The van der Waals surface area contributed by atoms with Crippen LogP contribution in [0.3, 0.4) is 0 Å². The minimum Gasteiger partial charge on any atom is -0.483 e. The van der Waals surface area contributed by atoms with Crippen LogP contribution in [-0.2, 0) is 27.2 Å². The Morgan fingerprint density at radius 2 is 1.64 bits per heavy atom. The van der Waals surface area contributed by atoms with E-state index in [2.05, 4.69) is 6.92 Å². The summed E-state index contributed by atoms with van der Waals surface area (Å²) in [4.78, 5) is 8.36. The van der Waals surface area contributed by atoms with Gasteiger partial charge in [0.2, 0.25) is 0 Å². The maximum Gasteiger partial charge on any atom is 1.00 e. The molecule has 1 rings (SSSR count). The van der Waals surface area contributed by atoms with Crippen molar-refractivity contribution in [2.75, 3.05) is 0 Å². The number of hydrogen-bond acceptors (Lipinski definition) is 1. The van der Waals surface area contributed by atoms with E-state index in [1.807, 2.05) is 0 Å². The van der Waals surface area contributed by atoms with Gasteiger partial charge in [-0.3, -0.25) is 4.79 Å². The van der Waals surface area contributed by atoms with Crippen molar-refractivity contribution in [1.82, 2.24) is 0 Å². The average molecular weight is 251 g/mol. The molecule has 0 amide bonds. The van der Waals surface area contributed by atoms with Gasteiger partial charge in [0.15, 0.2) is 0 Å². The van der Waals surface area contributed by atoms with Gasteiger partial charge in [-0.15, -0.1) is 0 Å². The zero-order valence-electron chi connectivity index (χ0n) is 6.55. The van der Waals surface area contributed by atoms with Gasteiger partial charge >= 0.3 is 22.4 Å². The summed E-state index contributed by atoms with van der Waals surface area (Å²) in [6.07, 6.45) is 7.05. The molecule has 0 aliphatic heterocycles. The molecule has 3 heteroatoms. The van der Waals surface area contributed by atoms with Crippen LogP contribution in [0.1, 0.15) is 32.1 Å². The number of carboxylic acid groups (broad SMARTS) is 1. The Balaban J connectivity index is 0. The zero-order valence-corrected chi connectivity index (χ0v) is 8.04. The standard InChI is InChI=1S/C7H13.CH2O2.Ag/c1-7-5-3-2-4-6-7;2-1-3;/h7H,1-6H2;1H,(H,2,3);/q-1;;+1. The summed E-state index contributed by atoms with van der Waals surface area (Å²) in [5.41, 5.74) is 0. The van der Waals surface area contributed by atoms with Gasteiger partial charge < -0.3 is 12.0 Å². The van der Waals surface area contributed by atoms with Crippen LogP contribution in [0.15, 0.2) is 0 Å². The van der Waals surface area contributed by atoms with E-state index >= 15 is 0 Å². The molecule has 0 bridgehead atoms. The second-order valence-corrected chi connectivity index (χ2v) is 2.61. The summed E-state index contributed by atoms with van der Waals surface area (Å²) in [7, 11) is 0. The molecule has 1 saturated carbocycles. The summed E-state index contributed by atoms with van der Waals surface area (Å²) >= 11 is 0. The number of hydrogen-bond donors (Lipinski definition) is 1. The van der Waals surface area contributed by atoms with Crippen LogP contribution in [-0.4, -0.2) is 11.6 Å². The average Bonchev–Trinajstić information content (AvgIpc) is 1.91. The fourth-order valence-corrected chi connectivity index (χ4v) is 1.19. The van der Waals surface area contributed by atoms with Crippen LogP contribution in [0.2, 0.25) is 0 Å². The molecule has 1 fully saturated rings. The molecule has 0 unspecified atom stereocenters. The van der Waals surface area contributed by atoms with E-state index in [0.717, 1.165) is 5.92 Å². The van der Waals surface area contributed by atoms with Gasteiger partial charge in [-0.1, -0.05) is 32.1 Å². The van der Waals surface area contributed by atoms with Crippen LogP contribution >= 0.6 is 0 Å². The molecule has 0 aromatic rings. The summed E-state index contributed by atoms with van der Waals surface area (Å²) in [6.45, 7) is 3.75. The summed E-state index contributed by atoms with van der Waals surface area (Å²) in [6, 6.07) is 0. The molecule has 70 valence electrons. The molecule has 0 aromatic carbocycles. The van der Waals surface area contributed by atoms with Crippen molar-refractivity contribution in [3.05, 3.63) is 6.92 Å². The molecule has 0 saturated heterocycles. The normalized spacial score (nSPS) is 17.2. The van der Waals surface area contributed by atoms with Crippen molar-refractivity contribution in [2.45, 2.75) is 32.1 Å². The van der Waals surface area contributed by atoms with E-state index < -0.39 is 0 Å². The first-order chi connectivity index (χ1) is 4.81. The van der Waals surface area contributed by atoms with E-state index in [9.17, 15) is 0 Å². The quantitative estimate of drug-likeness (QED) is 0.406. The van der Waals surface area contributed by atoms with Crippen molar-refractivity contribution >= 4 is 6.47 Å². The molecule has 0 aromatic heterocycles. The van der Waals surface area contributed by atoms with Gasteiger partial charge in [0.05, 0.1) is 0 Å². The van der Waals surface area contributed by atoms with Crippen molar-refractivity contribution in [1.29, 1.82) is 0 Å². The van der Waals surface area contributed by atoms with Gasteiger partial charge in [0.25, 0.3) is 6.47 Å². The second kappa shape index (κ2) is 10.2. The fraction of sp³-hybridized carbons (Fsp3) is 0.750. The third kappa shape index (κ3) is 10.2. The zero-order chi connectivity index (χ0) is 7.82. The molecule has 2 nitrogen and oxygen atoms in total. The minimum absolute atomic E-state index is 0. The third-order valence-electron chi connectivity index (χ3n) is 1.72. The molecule has 1 aliphatic carbocycles. The number of carbonyl (C=O) groups is 1. The van der Waals surface area contributed by atoms with Crippen LogP contribution in [0, 0.1) is 12.8 Å². The Morgan fingerprint density at radius 1 is 1.27 bits per heavy atom. The molecule has 0 atom stereocenters. The predicted octanol–water partition coefficient (Wildman–Crippen LogP) is 2.10. The van der Waals surface area contributed by atoms with Crippen molar-refractivity contribution < 1.29 is 32.3 Å². The predicted molar refractivity (Wildman–Crippen MR) is 40.6 cm³/mol. The Labute approximate surface area is 83.9 Å². The largest absolute Gasteiger partial charge is 1.00 e. The van der Waals surface area contributed by atoms with E-state index in [1.54, 1.807) is 0 Å². The van der Waals surface area contributed by atoms with Crippen molar-refractivity contribution in [2.24, 2.45) is 5.92 Å². The summed E-state index contributed by atoms with van der Waals surface area (Å²) in [5, 5.41) is 6.89. The van der Waals surface area contributed by atoms with E-state index in [1.165, 1.54) is 32.1 Å². The Bertz CT molecular complexity index is 80.2. The maximum atomic E-state index is 8.36. The van der Waals surface area contributed by atoms with Gasteiger partial charge in [0.1, 0.15) is 0 Å². The number of rotatable bonds is 0. The first kappa shape index (κ1) is 13.8. The van der Waals surface area contributed by atoms with Crippen LogP contribution in [0.25, 0.3) is 0 Å². The van der Waals surface area contributed by atoms with E-state index in [-0.39, 0.29) is 28.9 Å². The molecule has 1 aliphatic rings. The first-order valence-corrected chi connectivity index (χ1v) is 3.72. The molecule has 0 spiro atoms. The topological polar surface area (TPSA) is 37.3 Å². The molecule has 11 heavy (non-hydrogen) atoms. The van der Waals surface area contributed by atoms with Crippen LogP contribution in [0.5, 0.6) is 0 Å². The van der Waals surface area contributed by atoms with Crippen LogP contribution in [0.4, 0.5) is 0 Å². The van der Waals surface area contributed by atoms with Crippen molar-refractivity contribution in [3.8, 4) is 0 Å². The minimum atomic E-state index is -0.250. The maximum absolute atomic E-state index is 8.36. The van der Waals surface area contributed by atoms with Crippen LogP contribution < -0.4 is 0 Å². The molecule has 0 heterocycles. The Kier molecular flexibility index (Phi) is 12.8. The molecular weight excluding hydrogens is 236 g/mol. The van der Waals surface area contributed by atoms with Gasteiger partial charge in [-0.2, -0.15) is 5.92 Å². The van der Waals surface area contributed by atoms with E-state index in [0.29, 0.717) is 0 Å².